The molecule has 8 rings (SSSR count). The first-order valence-corrected chi connectivity index (χ1v) is 12.5. The van der Waals surface area contributed by atoms with E-state index in [4.69, 9.17) is 4.74 Å². The van der Waals surface area contributed by atoms with E-state index in [9.17, 15) is 4.79 Å². The Bertz CT molecular complexity index is 1290. The maximum Gasteiger partial charge on any atom is 0.136 e. The smallest absolute Gasteiger partial charge is 0.136 e. The van der Waals surface area contributed by atoms with E-state index in [1.807, 2.05) is 12.4 Å². The van der Waals surface area contributed by atoms with Crippen LogP contribution in [-0.4, -0.2) is 22.0 Å². The Morgan fingerprint density at radius 1 is 1.12 bits per heavy atom. The minimum atomic E-state index is -0.292. The molecule has 0 unspecified atom stereocenters. The summed E-state index contributed by atoms with van der Waals surface area (Å²) in [5, 5.41) is 2.53. The summed E-state index contributed by atoms with van der Waals surface area (Å²) in [6, 6.07) is 9.21. The second-order valence-corrected chi connectivity index (χ2v) is 11.8. The van der Waals surface area contributed by atoms with Crippen LogP contribution in [-0.2, 0) is 14.9 Å². The largest absolute Gasteiger partial charge is 0.359 e. The van der Waals surface area contributed by atoms with Gasteiger partial charge in [-0.3, -0.25) is 9.78 Å². The third-order valence-electron chi connectivity index (χ3n) is 10.7. The lowest BCUT2D eigenvalue weighted by atomic mass is 9.55. The second-order valence-electron chi connectivity index (χ2n) is 11.8. The molecule has 2 aliphatic heterocycles. The average Bonchev–Trinajstić information content (AvgIpc) is 3.38. The fourth-order valence-corrected chi connectivity index (χ4v) is 9.17. The molecule has 32 heavy (non-hydrogen) atoms. The lowest BCUT2D eigenvalue weighted by molar-refractivity contribution is -0.149. The summed E-state index contributed by atoms with van der Waals surface area (Å²) in [5.41, 5.74) is 4.34. The van der Waals surface area contributed by atoms with Gasteiger partial charge in [0.25, 0.3) is 0 Å². The Morgan fingerprint density at radius 3 is 3.00 bits per heavy atom. The van der Waals surface area contributed by atoms with Crippen LogP contribution in [0, 0.1) is 17.3 Å². The quantitative estimate of drug-likeness (QED) is 0.579. The van der Waals surface area contributed by atoms with E-state index in [0.717, 1.165) is 31.6 Å². The number of hydrogen-bond acceptors (Lipinski definition) is 3. The molecule has 4 fully saturated rings. The highest BCUT2D eigenvalue weighted by Gasteiger charge is 2.78. The highest BCUT2D eigenvalue weighted by atomic mass is 16.5. The predicted molar refractivity (Wildman–Crippen MR) is 123 cm³/mol. The van der Waals surface area contributed by atoms with Gasteiger partial charge in [-0.2, -0.15) is 0 Å². The summed E-state index contributed by atoms with van der Waals surface area (Å²) in [6.45, 7) is 2.56. The van der Waals surface area contributed by atoms with Crippen molar-refractivity contribution < 1.29 is 9.53 Å². The standard InChI is InChI=1S/C29H29NO2/c1-26-8-6-22-13-20-4-5-24(31)16-27(20)9-10-29(22,32-27)25(26)14-23-15-28(23,26)21-3-2-18-7-11-30-17-19(18)12-21/h2-3,6-7,11-13,17,23,25H,4-5,8-10,14-16H2,1H3/t23-,25+,26-,27+,28-,29+/m0/s1. The summed E-state index contributed by atoms with van der Waals surface area (Å²) >= 11 is 0. The molecule has 162 valence electrons. The van der Waals surface area contributed by atoms with Crippen LogP contribution in [0.25, 0.3) is 10.8 Å². The Balaban J connectivity index is 1.26. The molecule has 2 bridgehead atoms. The molecular formula is C29H29NO2. The summed E-state index contributed by atoms with van der Waals surface area (Å²) in [4.78, 5) is 16.8. The van der Waals surface area contributed by atoms with Crippen LogP contribution in [0.15, 0.2) is 60.0 Å². The monoisotopic (exact) mass is 423 g/mol. The van der Waals surface area contributed by atoms with E-state index in [-0.39, 0.29) is 22.0 Å². The van der Waals surface area contributed by atoms with E-state index in [1.54, 1.807) is 0 Å². The zero-order valence-electron chi connectivity index (χ0n) is 18.7. The van der Waals surface area contributed by atoms with Gasteiger partial charge in [-0.1, -0.05) is 31.2 Å². The molecule has 2 aromatic rings. The Morgan fingerprint density at radius 2 is 2.06 bits per heavy atom. The fourth-order valence-electron chi connectivity index (χ4n) is 9.17. The fraction of sp³-hybridized carbons (Fsp3) is 0.517. The first-order chi connectivity index (χ1) is 15.5. The van der Waals surface area contributed by atoms with E-state index >= 15 is 0 Å². The highest BCUT2D eigenvalue weighted by Crippen LogP contribution is 2.80. The molecule has 0 amide bonds. The van der Waals surface area contributed by atoms with Crippen LogP contribution in [0.3, 0.4) is 0 Å². The molecular weight excluding hydrogens is 394 g/mol. The number of carbonyl (C=O) groups excluding carboxylic acids is 1. The minimum absolute atomic E-state index is 0.174. The number of benzene rings is 1. The second kappa shape index (κ2) is 5.44. The topological polar surface area (TPSA) is 39.2 Å². The van der Waals surface area contributed by atoms with E-state index < -0.39 is 0 Å². The normalized spacial score (nSPS) is 45.5. The first-order valence-electron chi connectivity index (χ1n) is 12.5. The summed E-state index contributed by atoms with van der Waals surface area (Å²) in [6.07, 6.45) is 16.9. The van der Waals surface area contributed by atoms with Crippen LogP contribution in [0.1, 0.15) is 63.9 Å². The SMILES string of the molecule is C[C@]12CC=C3C=C4CCC(=O)C[C@]45CC[C@]3(O5)[C@@H]1C[C@H]1C[C@]12c1ccc2ccncc2c1. The van der Waals surface area contributed by atoms with E-state index in [1.165, 1.54) is 40.3 Å². The van der Waals surface area contributed by atoms with Gasteiger partial charge in [0.05, 0.1) is 11.2 Å². The van der Waals surface area contributed by atoms with Crippen LogP contribution in [0.2, 0.25) is 0 Å². The number of fused-ring (bicyclic) bond motifs is 4. The number of ketones is 1. The number of hydrogen-bond donors (Lipinski definition) is 0. The number of pyridine rings is 1. The Hall–Kier alpha value is -2.26. The van der Waals surface area contributed by atoms with Crippen molar-refractivity contribution in [2.45, 2.75) is 74.9 Å². The van der Waals surface area contributed by atoms with Crippen molar-refractivity contribution in [1.82, 2.24) is 4.98 Å². The van der Waals surface area contributed by atoms with Crippen molar-refractivity contribution in [1.29, 1.82) is 0 Å². The first kappa shape index (κ1) is 18.2. The average molecular weight is 424 g/mol. The molecule has 0 radical (unpaired) electrons. The molecule has 3 nitrogen and oxygen atoms in total. The van der Waals surface area contributed by atoms with Gasteiger partial charge in [0.15, 0.2) is 0 Å². The Kier molecular flexibility index (Phi) is 3.10. The number of carbonyl (C=O) groups is 1. The van der Waals surface area contributed by atoms with E-state index in [2.05, 4.69) is 48.3 Å². The zero-order valence-corrected chi connectivity index (χ0v) is 18.7. The molecule has 1 saturated heterocycles. The highest BCUT2D eigenvalue weighted by molar-refractivity contribution is 5.83. The van der Waals surface area contributed by atoms with Gasteiger partial charge in [-0.05, 0) is 90.0 Å². The third-order valence-corrected chi connectivity index (χ3v) is 10.7. The molecule has 1 aromatic heterocycles. The molecule has 3 saturated carbocycles. The molecule has 6 atom stereocenters. The maximum atomic E-state index is 12.4. The van der Waals surface area contributed by atoms with Crippen molar-refractivity contribution in [3.05, 3.63) is 65.5 Å². The predicted octanol–water partition coefficient (Wildman–Crippen LogP) is 5.83. The van der Waals surface area contributed by atoms with Crippen LogP contribution < -0.4 is 0 Å². The van der Waals surface area contributed by atoms with Gasteiger partial charge >= 0.3 is 0 Å². The molecule has 3 heterocycles. The van der Waals surface area contributed by atoms with E-state index in [0.29, 0.717) is 24.5 Å². The number of rotatable bonds is 1. The van der Waals surface area contributed by atoms with Gasteiger partial charge in [0.2, 0.25) is 0 Å². The van der Waals surface area contributed by atoms with Gasteiger partial charge in [0, 0.05) is 36.0 Å². The van der Waals surface area contributed by atoms with Crippen LogP contribution in [0.4, 0.5) is 0 Å². The van der Waals surface area contributed by atoms with Gasteiger partial charge in [-0.25, -0.2) is 0 Å². The Labute approximate surface area is 188 Å². The van der Waals surface area contributed by atoms with Gasteiger partial charge in [-0.15, -0.1) is 0 Å². The number of ether oxygens (including phenoxy) is 1. The number of aromatic nitrogens is 1. The third kappa shape index (κ3) is 1.88. The van der Waals surface area contributed by atoms with Gasteiger partial charge < -0.3 is 4.74 Å². The number of allylic oxidation sites excluding steroid dienone is 1. The molecule has 3 heteroatoms. The summed E-state index contributed by atoms with van der Waals surface area (Å²) in [7, 11) is 0. The van der Waals surface area contributed by atoms with Crippen molar-refractivity contribution in [2.24, 2.45) is 17.3 Å². The molecule has 1 aromatic carbocycles. The van der Waals surface area contributed by atoms with Crippen molar-refractivity contribution in [2.75, 3.05) is 0 Å². The molecule has 6 aliphatic rings. The van der Waals surface area contributed by atoms with Crippen LogP contribution >= 0.6 is 0 Å². The number of Topliss-reactive ketones (excluding diaryl/α,β-unsaturated/α-hetero) is 1. The number of nitrogens with zero attached hydrogens (tertiary/aromatic N) is 1. The molecule has 2 spiro atoms. The van der Waals surface area contributed by atoms with Crippen LogP contribution in [0.5, 0.6) is 0 Å². The minimum Gasteiger partial charge on any atom is -0.359 e. The van der Waals surface area contributed by atoms with Crippen molar-refractivity contribution in [3.8, 4) is 0 Å². The van der Waals surface area contributed by atoms with Gasteiger partial charge in [0.1, 0.15) is 5.78 Å². The van der Waals surface area contributed by atoms with Crippen molar-refractivity contribution >= 4 is 16.6 Å². The molecule has 4 aliphatic carbocycles. The molecule has 0 N–H and O–H groups in total. The summed E-state index contributed by atoms with van der Waals surface area (Å²) < 4.78 is 7.18. The lowest BCUT2D eigenvalue weighted by Crippen LogP contribution is -2.55. The lowest BCUT2D eigenvalue weighted by Gasteiger charge is -2.55. The van der Waals surface area contributed by atoms with Crippen molar-refractivity contribution in [3.63, 3.8) is 0 Å². The summed E-state index contributed by atoms with van der Waals surface area (Å²) in [5.74, 6) is 1.67. The maximum absolute atomic E-state index is 12.4. The zero-order chi connectivity index (χ0) is 21.3.